The molecule has 0 nitrogen and oxygen atoms in total. The van der Waals surface area contributed by atoms with Crippen LogP contribution >= 0.6 is 0 Å². The smallest absolute Gasteiger partial charge is 0.0471 e. The summed E-state index contributed by atoms with van der Waals surface area (Å²) < 4.78 is 0. The van der Waals surface area contributed by atoms with Gasteiger partial charge in [-0.3, -0.25) is 0 Å². The summed E-state index contributed by atoms with van der Waals surface area (Å²) in [4.78, 5) is 0. The molecule has 0 aromatic rings. The molecule has 0 aliphatic heterocycles. The van der Waals surface area contributed by atoms with Crippen molar-refractivity contribution < 1.29 is 0 Å². The van der Waals surface area contributed by atoms with Gasteiger partial charge in [0.2, 0.25) is 0 Å². The van der Waals surface area contributed by atoms with E-state index in [0.717, 1.165) is 5.92 Å². The van der Waals surface area contributed by atoms with Crippen molar-refractivity contribution in [2.24, 2.45) is 5.92 Å². The molecule has 0 aliphatic carbocycles. The molecule has 0 heteroatoms. The summed E-state index contributed by atoms with van der Waals surface area (Å²) >= 11 is 0. The summed E-state index contributed by atoms with van der Waals surface area (Å²) in [5.41, 5.74) is 0. The first kappa shape index (κ1) is 11.8. The van der Waals surface area contributed by atoms with Crippen LogP contribution in [0.15, 0.2) is 0 Å². The van der Waals surface area contributed by atoms with Crippen molar-refractivity contribution in [2.45, 2.75) is 53.9 Å². The molecule has 0 aromatic heterocycles. The monoisotopic (exact) mass is 130 g/mol. The van der Waals surface area contributed by atoms with E-state index in [1.807, 2.05) is 0 Å². The first-order valence-corrected chi connectivity index (χ1v) is 4.18. The van der Waals surface area contributed by atoms with Crippen LogP contribution in [0.1, 0.15) is 53.9 Å². The molecule has 0 N–H and O–H groups in total. The molecule has 58 valence electrons. The molecule has 0 spiro atoms. The summed E-state index contributed by atoms with van der Waals surface area (Å²) in [5, 5.41) is 0. The minimum absolute atomic E-state index is 0.898. The molecule has 0 amide bonds. The van der Waals surface area contributed by atoms with Gasteiger partial charge in [0.1, 0.15) is 0 Å². The molecule has 0 unspecified atom stereocenters. The van der Waals surface area contributed by atoms with Crippen LogP contribution in [0, 0.1) is 5.92 Å². The second-order valence-electron chi connectivity index (χ2n) is 2.89. The lowest BCUT2D eigenvalue weighted by atomic mass is 10.1. The Bertz CT molecular complexity index is 29.0. The molecule has 0 radical (unpaired) electrons. The summed E-state index contributed by atoms with van der Waals surface area (Å²) in [6, 6.07) is 0. The Hall–Kier alpha value is 0. The van der Waals surface area contributed by atoms with Gasteiger partial charge in [-0.05, 0) is 5.92 Å². The molecule has 9 heavy (non-hydrogen) atoms. The highest BCUT2D eigenvalue weighted by atomic mass is 13.9. The fourth-order valence-electron chi connectivity index (χ4n) is 0.577. The van der Waals surface area contributed by atoms with E-state index in [1.165, 1.54) is 19.3 Å². The maximum absolute atomic E-state index is 2.25. The third-order valence-electron chi connectivity index (χ3n) is 0.866. The third kappa shape index (κ3) is 32.0. The van der Waals surface area contributed by atoms with Gasteiger partial charge in [0.05, 0.1) is 0 Å². The van der Waals surface area contributed by atoms with Crippen LogP contribution in [0.3, 0.4) is 0 Å². The average Bonchev–Trinajstić information content (AvgIpc) is 1.67. The SMILES string of the molecule is CCC.CCCC(C)C. The highest BCUT2D eigenvalue weighted by molar-refractivity contribution is 4.38. The van der Waals surface area contributed by atoms with Gasteiger partial charge in [-0.1, -0.05) is 53.9 Å². The second-order valence-corrected chi connectivity index (χ2v) is 2.89. The molecule has 0 saturated carbocycles. The van der Waals surface area contributed by atoms with Gasteiger partial charge in [-0.15, -0.1) is 0 Å². The summed E-state index contributed by atoms with van der Waals surface area (Å²) in [6.45, 7) is 11.0. The predicted octanol–water partition coefficient (Wildman–Crippen LogP) is 3.86. The van der Waals surface area contributed by atoms with Crippen LogP contribution in [0.4, 0.5) is 0 Å². The first-order chi connectivity index (χ1) is 4.18. The van der Waals surface area contributed by atoms with Crippen molar-refractivity contribution >= 4 is 0 Å². The largest absolute Gasteiger partial charge is 0.0656 e. The first-order valence-electron chi connectivity index (χ1n) is 4.18. The Morgan fingerprint density at radius 2 is 1.33 bits per heavy atom. The zero-order valence-corrected chi connectivity index (χ0v) is 7.70. The maximum atomic E-state index is 2.25. The van der Waals surface area contributed by atoms with Crippen molar-refractivity contribution in [1.82, 2.24) is 0 Å². The Labute approximate surface area is 60.7 Å². The van der Waals surface area contributed by atoms with Crippen LogP contribution in [0.2, 0.25) is 0 Å². The van der Waals surface area contributed by atoms with Gasteiger partial charge < -0.3 is 0 Å². The molecule has 0 heterocycles. The molecule has 0 atom stereocenters. The van der Waals surface area contributed by atoms with Crippen molar-refractivity contribution in [3.63, 3.8) is 0 Å². The summed E-state index contributed by atoms with van der Waals surface area (Å²) in [7, 11) is 0. The minimum Gasteiger partial charge on any atom is -0.0656 e. The lowest BCUT2D eigenvalue weighted by Crippen LogP contribution is -1.81. The van der Waals surface area contributed by atoms with Crippen molar-refractivity contribution in [1.29, 1.82) is 0 Å². The lowest BCUT2D eigenvalue weighted by Gasteiger charge is -1.95. The normalized spacial score (nSPS) is 8.67. The Morgan fingerprint density at radius 3 is 1.33 bits per heavy atom. The van der Waals surface area contributed by atoms with E-state index in [9.17, 15) is 0 Å². The van der Waals surface area contributed by atoms with E-state index in [4.69, 9.17) is 0 Å². The quantitative estimate of drug-likeness (QED) is 0.532. The van der Waals surface area contributed by atoms with Gasteiger partial charge in [0.15, 0.2) is 0 Å². The van der Waals surface area contributed by atoms with Gasteiger partial charge in [-0.25, -0.2) is 0 Å². The Kier molecular flexibility index (Phi) is 14.2. The van der Waals surface area contributed by atoms with E-state index in [2.05, 4.69) is 34.6 Å². The van der Waals surface area contributed by atoms with Crippen LogP contribution in [0.25, 0.3) is 0 Å². The zero-order valence-electron chi connectivity index (χ0n) is 7.70. The third-order valence-corrected chi connectivity index (χ3v) is 0.866. The standard InChI is InChI=1S/C6H14.C3H8/c1-4-5-6(2)3;1-3-2/h6H,4-5H2,1-3H3;3H2,1-2H3. The lowest BCUT2D eigenvalue weighted by molar-refractivity contribution is 0.576. The summed E-state index contributed by atoms with van der Waals surface area (Å²) in [6.07, 6.45) is 3.96. The summed E-state index contributed by atoms with van der Waals surface area (Å²) in [5.74, 6) is 0.898. The van der Waals surface area contributed by atoms with Gasteiger partial charge in [-0.2, -0.15) is 0 Å². The van der Waals surface area contributed by atoms with Crippen molar-refractivity contribution in [3.05, 3.63) is 0 Å². The van der Waals surface area contributed by atoms with Gasteiger partial charge >= 0.3 is 0 Å². The molecular weight excluding hydrogens is 108 g/mol. The molecule has 0 aromatic carbocycles. The topological polar surface area (TPSA) is 0 Å². The number of hydrogen-bond acceptors (Lipinski definition) is 0. The molecule has 0 fully saturated rings. The van der Waals surface area contributed by atoms with E-state index in [1.54, 1.807) is 0 Å². The van der Waals surface area contributed by atoms with Crippen LogP contribution in [-0.4, -0.2) is 0 Å². The molecule has 0 rings (SSSR count). The van der Waals surface area contributed by atoms with Gasteiger partial charge in [0, 0.05) is 0 Å². The Morgan fingerprint density at radius 1 is 1.00 bits per heavy atom. The van der Waals surface area contributed by atoms with Crippen molar-refractivity contribution in [2.75, 3.05) is 0 Å². The van der Waals surface area contributed by atoms with E-state index >= 15 is 0 Å². The van der Waals surface area contributed by atoms with Crippen molar-refractivity contribution in [3.8, 4) is 0 Å². The highest BCUT2D eigenvalue weighted by Crippen LogP contribution is 2.00. The minimum atomic E-state index is 0.898. The molecule has 0 aliphatic rings. The van der Waals surface area contributed by atoms with Crippen LogP contribution in [-0.2, 0) is 0 Å². The second kappa shape index (κ2) is 10.9. The highest BCUT2D eigenvalue weighted by Gasteiger charge is 1.85. The maximum Gasteiger partial charge on any atom is -0.0471 e. The molecule has 0 bridgehead atoms. The predicted molar refractivity (Wildman–Crippen MR) is 45.7 cm³/mol. The Balaban J connectivity index is 0. The molecular formula is C9H22. The number of rotatable bonds is 2. The fraction of sp³-hybridized carbons (Fsp3) is 1.00. The fourth-order valence-corrected chi connectivity index (χ4v) is 0.577. The van der Waals surface area contributed by atoms with Gasteiger partial charge in [0.25, 0.3) is 0 Å². The number of hydrogen-bond donors (Lipinski definition) is 0. The zero-order chi connectivity index (χ0) is 7.70. The average molecular weight is 130 g/mol. The van der Waals surface area contributed by atoms with E-state index < -0.39 is 0 Å². The van der Waals surface area contributed by atoms with Crippen LogP contribution in [0.5, 0.6) is 0 Å². The molecule has 0 saturated heterocycles. The van der Waals surface area contributed by atoms with Crippen LogP contribution < -0.4 is 0 Å². The van der Waals surface area contributed by atoms with E-state index in [-0.39, 0.29) is 0 Å². The van der Waals surface area contributed by atoms with E-state index in [0.29, 0.717) is 0 Å².